The van der Waals surface area contributed by atoms with Crippen molar-refractivity contribution in [2.45, 2.75) is 28.5 Å². The molecular weight excluding hydrogens is 356 g/mol. The smallest absolute Gasteiger partial charge is 0.269 e. The Morgan fingerprint density at radius 1 is 1.20 bits per heavy atom. The lowest BCUT2D eigenvalue weighted by molar-refractivity contribution is -0.384. The van der Waals surface area contributed by atoms with Crippen molar-refractivity contribution in [2.75, 3.05) is 0 Å². The van der Waals surface area contributed by atoms with Gasteiger partial charge in [-0.25, -0.2) is 4.21 Å². The van der Waals surface area contributed by atoms with E-state index in [1.54, 1.807) is 18.2 Å². The van der Waals surface area contributed by atoms with E-state index in [0.29, 0.717) is 4.90 Å². The maximum absolute atomic E-state index is 12.6. The number of nitrogens with one attached hydrogen (secondary N) is 1. The molecule has 0 spiro atoms. The van der Waals surface area contributed by atoms with Crippen LogP contribution >= 0.6 is 11.8 Å². The van der Waals surface area contributed by atoms with Crippen molar-refractivity contribution in [3.63, 3.8) is 0 Å². The van der Waals surface area contributed by atoms with Crippen molar-refractivity contribution in [1.82, 2.24) is 4.72 Å². The SMILES string of the molecule is C/C=C\C=C(/C)NS(=O)c1ccccc1Sc1ccc([N+](=O)[O-])cc1. The monoisotopic (exact) mass is 374 g/mol. The molecule has 2 aromatic rings. The van der Waals surface area contributed by atoms with Gasteiger partial charge in [-0.3, -0.25) is 10.1 Å². The molecule has 0 saturated carbocycles. The Bertz CT molecular complexity index is 830. The zero-order valence-electron chi connectivity index (χ0n) is 13.8. The van der Waals surface area contributed by atoms with Gasteiger partial charge >= 0.3 is 0 Å². The minimum Gasteiger partial charge on any atom is -0.305 e. The Hall–Kier alpha value is -2.38. The fourth-order valence-corrected chi connectivity index (χ4v) is 4.04. The Balaban J connectivity index is 2.20. The molecule has 0 aliphatic carbocycles. The molecule has 0 aromatic heterocycles. The van der Waals surface area contributed by atoms with Crippen LogP contribution in [0.5, 0.6) is 0 Å². The number of hydrogen-bond acceptors (Lipinski definition) is 4. The summed E-state index contributed by atoms with van der Waals surface area (Å²) in [6, 6.07) is 13.7. The second-order valence-corrected chi connectivity index (χ2v) is 7.34. The highest BCUT2D eigenvalue weighted by molar-refractivity contribution is 8.00. The number of nitrogens with zero attached hydrogens (tertiary/aromatic N) is 1. The van der Waals surface area contributed by atoms with Crippen LogP contribution in [-0.2, 0) is 11.0 Å². The van der Waals surface area contributed by atoms with Crippen LogP contribution in [0.2, 0.25) is 0 Å². The third kappa shape index (κ3) is 5.58. The van der Waals surface area contributed by atoms with Gasteiger partial charge in [0, 0.05) is 27.6 Å². The number of nitro groups is 1. The van der Waals surface area contributed by atoms with E-state index in [-0.39, 0.29) is 5.69 Å². The summed E-state index contributed by atoms with van der Waals surface area (Å²) in [7, 11) is -1.40. The highest BCUT2D eigenvalue weighted by atomic mass is 32.2. The molecule has 25 heavy (non-hydrogen) atoms. The third-order valence-electron chi connectivity index (χ3n) is 3.12. The van der Waals surface area contributed by atoms with E-state index >= 15 is 0 Å². The van der Waals surface area contributed by atoms with Gasteiger partial charge in [-0.2, -0.15) is 0 Å². The normalized spacial score (nSPS) is 13.0. The van der Waals surface area contributed by atoms with Crippen LogP contribution in [0.3, 0.4) is 0 Å². The fraction of sp³-hybridized carbons (Fsp3) is 0.111. The summed E-state index contributed by atoms with van der Waals surface area (Å²) < 4.78 is 15.6. The summed E-state index contributed by atoms with van der Waals surface area (Å²) in [6.45, 7) is 3.76. The maximum atomic E-state index is 12.6. The molecule has 1 atom stereocenters. The zero-order valence-corrected chi connectivity index (χ0v) is 15.5. The molecule has 0 aliphatic rings. The Morgan fingerprint density at radius 3 is 2.52 bits per heavy atom. The van der Waals surface area contributed by atoms with E-state index in [0.717, 1.165) is 15.5 Å². The third-order valence-corrected chi connectivity index (χ3v) is 5.59. The van der Waals surface area contributed by atoms with E-state index in [9.17, 15) is 14.3 Å². The number of nitro benzene ring substituents is 1. The van der Waals surface area contributed by atoms with Gasteiger partial charge in [0.1, 0.15) is 0 Å². The number of non-ortho nitro benzene ring substituents is 1. The summed E-state index contributed by atoms with van der Waals surface area (Å²) in [5.41, 5.74) is 0.846. The van der Waals surface area contributed by atoms with E-state index < -0.39 is 15.9 Å². The molecule has 0 saturated heterocycles. The summed E-state index contributed by atoms with van der Waals surface area (Å²) in [4.78, 5) is 12.6. The van der Waals surface area contributed by atoms with Gasteiger partial charge < -0.3 is 4.72 Å². The Labute approximate surface area is 153 Å². The lowest BCUT2D eigenvalue weighted by Gasteiger charge is -2.10. The highest BCUT2D eigenvalue weighted by Crippen LogP contribution is 2.32. The van der Waals surface area contributed by atoms with Crippen molar-refractivity contribution in [3.05, 3.63) is 82.6 Å². The first-order valence-corrected chi connectivity index (χ1v) is 9.47. The Morgan fingerprint density at radius 2 is 1.88 bits per heavy atom. The predicted octanol–water partition coefficient (Wildman–Crippen LogP) is 4.84. The standard InChI is InChI=1S/C18H18N2O3S2/c1-3-4-7-14(2)19-25(23)18-9-6-5-8-17(18)24-16-12-10-15(11-13-16)20(21)22/h3-13,19H,1-2H3/b4-3-,14-7+. The molecule has 0 heterocycles. The summed E-state index contributed by atoms with van der Waals surface area (Å²) in [5, 5.41) is 10.7. The molecule has 5 nitrogen and oxygen atoms in total. The van der Waals surface area contributed by atoms with E-state index in [1.165, 1.54) is 23.9 Å². The van der Waals surface area contributed by atoms with E-state index in [4.69, 9.17) is 0 Å². The molecule has 130 valence electrons. The lowest BCUT2D eigenvalue weighted by Crippen LogP contribution is -2.15. The second kappa shape index (κ2) is 9.19. The lowest BCUT2D eigenvalue weighted by atomic mass is 10.3. The van der Waals surface area contributed by atoms with E-state index in [1.807, 2.05) is 50.3 Å². The molecule has 0 aliphatic heterocycles. The Kier molecular flexibility index (Phi) is 6.97. The maximum Gasteiger partial charge on any atom is 0.269 e. The van der Waals surface area contributed by atoms with Crippen molar-refractivity contribution in [1.29, 1.82) is 0 Å². The quantitative estimate of drug-likeness (QED) is 0.428. The average Bonchev–Trinajstić information content (AvgIpc) is 2.60. The molecule has 0 fully saturated rings. The van der Waals surface area contributed by atoms with Gasteiger partial charge in [-0.05, 0) is 44.2 Å². The number of allylic oxidation sites excluding steroid dienone is 4. The van der Waals surface area contributed by atoms with Gasteiger partial charge in [0.05, 0.1) is 9.82 Å². The van der Waals surface area contributed by atoms with Gasteiger partial charge in [0.2, 0.25) is 0 Å². The number of hydrogen-bond donors (Lipinski definition) is 1. The summed E-state index contributed by atoms with van der Waals surface area (Å²) in [6.07, 6.45) is 5.62. The van der Waals surface area contributed by atoms with Gasteiger partial charge in [0.15, 0.2) is 11.0 Å². The van der Waals surface area contributed by atoms with Crippen LogP contribution in [0.25, 0.3) is 0 Å². The molecular formula is C18H18N2O3S2. The fourth-order valence-electron chi connectivity index (χ4n) is 1.93. The minimum absolute atomic E-state index is 0.0487. The number of rotatable bonds is 7. The van der Waals surface area contributed by atoms with Crippen LogP contribution in [0.4, 0.5) is 5.69 Å². The van der Waals surface area contributed by atoms with Gasteiger partial charge in [-0.1, -0.05) is 36.0 Å². The molecule has 2 rings (SSSR count). The van der Waals surface area contributed by atoms with Crippen molar-refractivity contribution < 1.29 is 9.13 Å². The van der Waals surface area contributed by atoms with Crippen LogP contribution in [-0.4, -0.2) is 9.13 Å². The molecule has 1 unspecified atom stereocenters. The second-order valence-electron chi connectivity index (χ2n) is 5.05. The molecule has 2 aromatic carbocycles. The minimum atomic E-state index is -1.40. The molecule has 0 bridgehead atoms. The van der Waals surface area contributed by atoms with Crippen molar-refractivity contribution >= 4 is 28.4 Å². The number of benzene rings is 2. The van der Waals surface area contributed by atoms with Crippen molar-refractivity contribution in [3.8, 4) is 0 Å². The van der Waals surface area contributed by atoms with Crippen LogP contribution < -0.4 is 4.72 Å². The van der Waals surface area contributed by atoms with Gasteiger partial charge in [0.25, 0.3) is 5.69 Å². The van der Waals surface area contributed by atoms with Gasteiger partial charge in [-0.15, -0.1) is 0 Å². The highest BCUT2D eigenvalue weighted by Gasteiger charge is 2.12. The summed E-state index contributed by atoms with van der Waals surface area (Å²) in [5.74, 6) is 0. The predicted molar refractivity (Wildman–Crippen MR) is 102 cm³/mol. The zero-order chi connectivity index (χ0) is 18.2. The van der Waals surface area contributed by atoms with Crippen molar-refractivity contribution in [2.24, 2.45) is 0 Å². The average molecular weight is 374 g/mol. The topological polar surface area (TPSA) is 72.2 Å². The molecule has 0 radical (unpaired) electrons. The van der Waals surface area contributed by atoms with E-state index in [2.05, 4.69) is 4.72 Å². The van der Waals surface area contributed by atoms with Crippen LogP contribution in [0.1, 0.15) is 13.8 Å². The first-order chi connectivity index (χ1) is 12.0. The summed E-state index contributed by atoms with van der Waals surface area (Å²) >= 11 is 1.42. The van der Waals surface area contributed by atoms with Crippen LogP contribution in [0.15, 0.2) is 87.1 Å². The molecule has 7 heteroatoms. The molecule has 1 N–H and O–H groups in total. The first kappa shape index (κ1) is 19.0. The first-order valence-electron chi connectivity index (χ1n) is 7.50. The largest absolute Gasteiger partial charge is 0.305 e. The molecule has 0 amide bonds. The van der Waals surface area contributed by atoms with Crippen LogP contribution in [0, 0.1) is 10.1 Å².